The molecule has 0 bridgehead atoms. The molecule has 0 amide bonds. The zero-order chi connectivity index (χ0) is 15.2. The van der Waals surface area contributed by atoms with Gasteiger partial charge in [0, 0.05) is 29.3 Å². The van der Waals surface area contributed by atoms with Crippen LogP contribution >= 0.6 is 11.8 Å². The summed E-state index contributed by atoms with van der Waals surface area (Å²) in [5.41, 5.74) is 2.28. The molecule has 2 aromatic rings. The molecule has 4 heteroatoms. The summed E-state index contributed by atoms with van der Waals surface area (Å²) in [7, 11) is 4.18. The Hall–Kier alpha value is -0.970. The zero-order valence-electron chi connectivity index (χ0n) is 13.5. The minimum absolute atomic E-state index is 0.593. The number of fused-ring (bicyclic) bond motifs is 1. The number of para-hydroxylation sites is 1. The third-order valence-corrected chi connectivity index (χ3v) is 4.70. The second-order valence-electron chi connectivity index (χ2n) is 5.46. The normalized spacial score (nSPS) is 13.2. The lowest BCUT2D eigenvalue weighted by atomic mass is 10.1. The molecule has 3 nitrogen and oxygen atoms in total. The van der Waals surface area contributed by atoms with Crippen molar-refractivity contribution in [2.24, 2.45) is 0 Å². The molecular weight excluding hydrogens is 280 g/mol. The molecule has 2 rings (SSSR count). The molecule has 0 aliphatic heterocycles. The number of rotatable bonds is 8. The van der Waals surface area contributed by atoms with Gasteiger partial charge in [0.15, 0.2) is 0 Å². The van der Waals surface area contributed by atoms with Crippen LogP contribution in [0.15, 0.2) is 28.7 Å². The standard InChI is InChI=1S/C17H26N2OS/c1-5-13(12-21-4)19(3)11-17-15(10-18-2)14-8-6-7-9-16(14)20-17/h6-9,13,18H,5,10-12H2,1-4H3. The summed E-state index contributed by atoms with van der Waals surface area (Å²) in [4.78, 5) is 2.41. The van der Waals surface area contributed by atoms with Gasteiger partial charge in [-0.05, 0) is 32.8 Å². The van der Waals surface area contributed by atoms with Gasteiger partial charge in [0.2, 0.25) is 0 Å². The first-order valence-electron chi connectivity index (χ1n) is 7.54. The molecule has 1 N–H and O–H groups in total. The van der Waals surface area contributed by atoms with Gasteiger partial charge in [0.25, 0.3) is 0 Å². The average Bonchev–Trinajstić information content (AvgIpc) is 2.83. The number of hydrogen-bond acceptors (Lipinski definition) is 4. The molecule has 0 saturated carbocycles. The van der Waals surface area contributed by atoms with Crippen LogP contribution < -0.4 is 5.32 Å². The van der Waals surface area contributed by atoms with Crippen molar-refractivity contribution in [3.8, 4) is 0 Å². The summed E-state index contributed by atoms with van der Waals surface area (Å²) < 4.78 is 6.11. The first kappa shape index (κ1) is 16.4. The molecule has 1 heterocycles. The molecular formula is C17H26N2OS. The fourth-order valence-corrected chi connectivity index (χ4v) is 3.63. The molecule has 116 valence electrons. The molecule has 1 unspecified atom stereocenters. The Labute approximate surface area is 132 Å². The Morgan fingerprint density at radius 3 is 2.76 bits per heavy atom. The van der Waals surface area contributed by atoms with E-state index in [-0.39, 0.29) is 0 Å². The Kier molecular flexibility index (Phi) is 6.15. The summed E-state index contributed by atoms with van der Waals surface area (Å²) in [6.45, 7) is 3.97. The molecule has 0 spiro atoms. The highest BCUT2D eigenvalue weighted by Gasteiger charge is 2.18. The maximum absolute atomic E-state index is 6.11. The van der Waals surface area contributed by atoms with Gasteiger partial charge in [-0.15, -0.1) is 0 Å². The van der Waals surface area contributed by atoms with Crippen LogP contribution in [0, 0.1) is 0 Å². The van der Waals surface area contributed by atoms with E-state index in [1.54, 1.807) is 0 Å². The summed E-state index contributed by atoms with van der Waals surface area (Å²) in [5.74, 6) is 2.25. The van der Waals surface area contributed by atoms with Gasteiger partial charge >= 0.3 is 0 Å². The van der Waals surface area contributed by atoms with Gasteiger partial charge in [-0.2, -0.15) is 11.8 Å². The van der Waals surface area contributed by atoms with Crippen LogP contribution in [0.2, 0.25) is 0 Å². The predicted molar refractivity (Wildman–Crippen MR) is 92.9 cm³/mol. The zero-order valence-corrected chi connectivity index (χ0v) is 14.3. The Balaban J connectivity index is 2.26. The third kappa shape index (κ3) is 3.82. The van der Waals surface area contributed by atoms with Crippen molar-refractivity contribution < 1.29 is 4.42 Å². The summed E-state index contributed by atoms with van der Waals surface area (Å²) in [5, 5.41) is 4.49. The van der Waals surface area contributed by atoms with E-state index in [2.05, 4.69) is 48.6 Å². The fourth-order valence-electron chi connectivity index (χ4n) is 2.75. The smallest absolute Gasteiger partial charge is 0.134 e. The van der Waals surface area contributed by atoms with Crippen LogP contribution in [0.4, 0.5) is 0 Å². The summed E-state index contributed by atoms with van der Waals surface area (Å²) in [6.07, 6.45) is 3.34. The lowest BCUT2D eigenvalue weighted by Gasteiger charge is -2.26. The van der Waals surface area contributed by atoms with Crippen LogP contribution in [0.5, 0.6) is 0 Å². The van der Waals surface area contributed by atoms with Gasteiger partial charge in [0.1, 0.15) is 11.3 Å². The molecule has 0 radical (unpaired) electrons. The van der Waals surface area contributed by atoms with Gasteiger partial charge in [0.05, 0.1) is 6.54 Å². The molecule has 0 aliphatic carbocycles. The van der Waals surface area contributed by atoms with Gasteiger partial charge in [-0.25, -0.2) is 0 Å². The number of furan rings is 1. The first-order chi connectivity index (χ1) is 10.2. The van der Waals surface area contributed by atoms with E-state index in [1.165, 1.54) is 17.4 Å². The van der Waals surface area contributed by atoms with Crippen molar-refractivity contribution in [3.63, 3.8) is 0 Å². The Morgan fingerprint density at radius 1 is 1.33 bits per heavy atom. The molecule has 0 fully saturated rings. The molecule has 21 heavy (non-hydrogen) atoms. The van der Waals surface area contributed by atoms with Crippen molar-refractivity contribution in [1.29, 1.82) is 0 Å². The van der Waals surface area contributed by atoms with E-state index < -0.39 is 0 Å². The lowest BCUT2D eigenvalue weighted by molar-refractivity contribution is 0.229. The fraction of sp³-hybridized carbons (Fsp3) is 0.529. The van der Waals surface area contributed by atoms with E-state index in [0.717, 1.165) is 30.2 Å². The maximum atomic E-state index is 6.11. The monoisotopic (exact) mass is 306 g/mol. The van der Waals surface area contributed by atoms with E-state index in [9.17, 15) is 0 Å². The third-order valence-electron chi connectivity index (χ3n) is 3.98. The van der Waals surface area contributed by atoms with E-state index in [4.69, 9.17) is 4.42 Å². The van der Waals surface area contributed by atoms with Crippen LogP contribution in [0.1, 0.15) is 24.7 Å². The van der Waals surface area contributed by atoms with E-state index >= 15 is 0 Å². The molecule has 0 aliphatic rings. The average molecular weight is 306 g/mol. The van der Waals surface area contributed by atoms with Crippen LogP contribution in [0.25, 0.3) is 11.0 Å². The number of thioether (sulfide) groups is 1. The molecule has 1 aromatic carbocycles. The largest absolute Gasteiger partial charge is 0.459 e. The van der Waals surface area contributed by atoms with Crippen molar-refractivity contribution >= 4 is 22.7 Å². The first-order valence-corrected chi connectivity index (χ1v) is 8.93. The second-order valence-corrected chi connectivity index (χ2v) is 6.37. The van der Waals surface area contributed by atoms with Gasteiger partial charge < -0.3 is 9.73 Å². The highest BCUT2D eigenvalue weighted by Crippen LogP contribution is 2.27. The lowest BCUT2D eigenvalue weighted by Crippen LogP contribution is -2.32. The Bertz CT molecular complexity index is 567. The van der Waals surface area contributed by atoms with Crippen molar-refractivity contribution in [2.45, 2.75) is 32.5 Å². The van der Waals surface area contributed by atoms with Gasteiger partial charge in [-0.3, -0.25) is 4.90 Å². The van der Waals surface area contributed by atoms with E-state index in [0.29, 0.717) is 6.04 Å². The van der Waals surface area contributed by atoms with Gasteiger partial charge in [-0.1, -0.05) is 25.1 Å². The van der Waals surface area contributed by atoms with Crippen LogP contribution in [-0.4, -0.2) is 37.0 Å². The molecule has 1 aromatic heterocycles. The van der Waals surface area contributed by atoms with Crippen molar-refractivity contribution in [2.75, 3.05) is 26.1 Å². The Morgan fingerprint density at radius 2 is 2.10 bits per heavy atom. The topological polar surface area (TPSA) is 28.4 Å². The van der Waals surface area contributed by atoms with E-state index in [1.807, 2.05) is 24.9 Å². The van der Waals surface area contributed by atoms with Crippen LogP contribution in [-0.2, 0) is 13.1 Å². The number of nitrogens with one attached hydrogen (secondary N) is 1. The SMILES string of the molecule is CCC(CSC)N(C)Cc1oc2ccccc2c1CNC. The molecule has 1 atom stereocenters. The quantitative estimate of drug-likeness (QED) is 0.804. The minimum atomic E-state index is 0.593. The number of benzene rings is 1. The summed E-state index contributed by atoms with van der Waals surface area (Å²) in [6, 6.07) is 8.90. The predicted octanol–water partition coefficient (Wildman–Crippen LogP) is 3.73. The maximum Gasteiger partial charge on any atom is 0.134 e. The summed E-state index contributed by atoms with van der Waals surface area (Å²) >= 11 is 1.91. The van der Waals surface area contributed by atoms with Crippen molar-refractivity contribution in [3.05, 3.63) is 35.6 Å². The number of hydrogen-bond donors (Lipinski definition) is 1. The minimum Gasteiger partial charge on any atom is -0.459 e. The molecule has 0 saturated heterocycles. The van der Waals surface area contributed by atoms with Crippen molar-refractivity contribution in [1.82, 2.24) is 10.2 Å². The highest BCUT2D eigenvalue weighted by atomic mass is 32.2. The van der Waals surface area contributed by atoms with Crippen LogP contribution in [0.3, 0.4) is 0 Å². The second kappa shape index (κ2) is 7.87. The highest BCUT2D eigenvalue weighted by molar-refractivity contribution is 7.98. The number of nitrogens with zero attached hydrogens (tertiary/aromatic N) is 1.